The van der Waals surface area contributed by atoms with Gasteiger partial charge in [0, 0.05) is 6.54 Å². The third-order valence-electron chi connectivity index (χ3n) is 6.68. The van der Waals surface area contributed by atoms with Crippen molar-refractivity contribution in [2.45, 2.75) is 25.8 Å². The summed E-state index contributed by atoms with van der Waals surface area (Å²) in [6.07, 6.45) is 3.06. The third-order valence-corrected chi connectivity index (χ3v) is 7.01. The molecule has 0 spiro atoms. The lowest BCUT2D eigenvalue weighted by atomic mass is 9.81. The van der Waals surface area contributed by atoms with Gasteiger partial charge in [0.25, 0.3) is 5.91 Å². The molecular formula is C23H21ClN2O3. The Labute approximate surface area is 174 Å². The molecule has 1 aliphatic heterocycles. The summed E-state index contributed by atoms with van der Waals surface area (Å²) in [6, 6.07) is 14.4. The van der Waals surface area contributed by atoms with E-state index in [0.29, 0.717) is 29.1 Å². The number of amides is 3. The second kappa shape index (κ2) is 6.99. The Kier molecular flexibility index (Phi) is 4.43. The quantitative estimate of drug-likeness (QED) is 0.782. The molecular weight excluding hydrogens is 388 g/mol. The molecule has 1 N–H and O–H groups in total. The number of anilines is 1. The van der Waals surface area contributed by atoms with Gasteiger partial charge in [-0.1, -0.05) is 41.9 Å². The van der Waals surface area contributed by atoms with Crippen LogP contribution in [0.1, 0.15) is 35.2 Å². The zero-order valence-corrected chi connectivity index (χ0v) is 16.6. The predicted octanol–water partition coefficient (Wildman–Crippen LogP) is 3.81. The van der Waals surface area contributed by atoms with Gasteiger partial charge >= 0.3 is 0 Å². The van der Waals surface area contributed by atoms with Crippen LogP contribution in [-0.4, -0.2) is 17.7 Å². The normalized spacial score (nSPS) is 27.4. The minimum atomic E-state index is -0.333. The number of nitrogens with zero attached hydrogens (tertiary/aromatic N) is 1. The number of halogens is 1. The molecule has 3 fully saturated rings. The summed E-state index contributed by atoms with van der Waals surface area (Å²) in [4.78, 5) is 40.0. The van der Waals surface area contributed by atoms with E-state index in [0.717, 1.165) is 24.8 Å². The molecule has 2 aromatic carbocycles. The number of benzene rings is 2. The van der Waals surface area contributed by atoms with Crippen molar-refractivity contribution in [2.24, 2.45) is 23.7 Å². The fourth-order valence-electron chi connectivity index (χ4n) is 5.36. The second-order valence-corrected chi connectivity index (χ2v) is 8.64. The fraction of sp³-hybridized carbons (Fsp3) is 0.348. The number of fused-ring (bicyclic) bond motifs is 5. The smallest absolute Gasteiger partial charge is 0.253 e. The topological polar surface area (TPSA) is 66.5 Å². The maximum Gasteiger partial charge on any atom is 0.253 e. The lowest BCUT2D eigenvalue weighted by Gasteiger charge is -2.19. The van der Waals surface area contributed by atoms with E-state index in [2.05, 4.69) is 5.32 Å². The first kappa shape index (κ1) is 18.4. The van der Waals surface area contributed by atoms with E-state index in [1.54, 1.807) is 18.2 Å². The van der Waals surface area contributed by atoms with Crippen molar-refractivity contribution >= 4 is 35.0 Å². The predicted molar refractivity (Wildman–Crippen MR) is 109 cm³/mol. The van der Waals surface area contributed by atoms with Crippen molar-refractivity contribution in [3.8, 4) is 0 Å². The van der Waals surface area contributed by atoms with E-state index in [-0.39, 0.29) is 35.1 Å². The van der Waals surface area contributed by atoms with E-state index in [1.165, 1.54) is 4.90 Å². The summed E-state index contributed by atoms with van der Waals surface area (Å²) in [5.41, 5.74) is 1.67. The van der Waals surface area contributed by atoms with Gasteiger partial charge in [0.05, 0.1) is 28.1 Å². The zero-order chi connectivity index (χ0) is 20.1. The number of carbonyl (C=O) groups excluding carboxylic acids is 3. The van der Waals surface area contributed by atoms with Crippen LogP contribution in [0.4, 0.5) is 5.69 Å². The van der Waals surface area contributed by atoms with E-state index >= 15 is 0 Å². The first-order chi connectivity index (χ1) is 14.0. The molecule has 6 heteroatoms. The fourth-order valence-corrected chi connectivity index (χ4v) is 5.57. The molecule has 2 aliphatic carbocycles. The Morgan fingerprint density at radius 1 is 1.00 bits per heavy atom. The van der Waals surface area contributed by atoms with Gasteiger partial charge in [-0.3, -0.25) is 19.3 Å². The first-order valence-corrected chi connectivity index (χ1v) is 10.4. The summed E-state index contributed by atoms with van der Waals surface area (Å²) in [5, 5.41) is 3.14. The van der Waals surface area contributed by atoms with E-state index in [1.807, 2.05) is 30.3 Å². The van der Waals surface area contributed by atoms with Crippen LogP contribution < -0.4 is 10.2 Å². The summed E-state index contributed by atoms with van der Waals surface area (Å²) in [6.45, 7) is 0.370. The van der Waals surface area contributed by atoms with Crippen molar-refractivity contribution in [3.05, 3.63) is 64.7 Å². The summed E-state index contributed by atoms with van der Waals surface area (Å²) in [5.74, 6) is -0.297. The van der Waals surface area contributed by atoms with Gasteiger partial charge in [0.1, 0.15) is 0 Å². The molecule has 5 rings (SSSR count). The minimum Gasteiger partial charge on any atom is -0.348 e. The number of carbonyl (C=O) groups is 3. The summed E-state index contributed by atoms with van der Waals surface area (Å²) < 4.78 is 0. The van der Waals surface area contributed by atoms with Crippen LogP contribution >= 0.6 is 11.6 Å². The number of hydrogen-bond acceptors (Lipinski definition) is 3. The van der Waals surface area contributed by atoms with Gasteiger partial charge in [-0.2, -0.15) is 0 Å². The van der Waals surface area contributed by atoms with E-state index < -0.39 is 0 Å². The third kappa shape index (κ3) is 2.96. The highest BCUT2D eigenvalue weighted by Crippen LogP contribution is 2.56. The van der Waals surface area contributed by atoms with Crippen LogP contribution in [0.3, 0.4) is 0 Å². The van der Waals surface area contributed by atoms with Gasteiger partial charge in [-0.05, 0) is 54.9 Å². The molecule has 2 saturated carbocycles. The number of nitrogens with one attached hydrogen (secondary N) is 1. The zero-order valence-electron chi connectivity index (χ0n) is 15.8. The minimum absolute atomic E-state index is 0.120. The Balaban J connectivity index is 1.39. The van der Waals surface area contributed by atoms with Gasteiger partial charge in [-0.15, -0.1) is 0 Å². The molecule has 0 radical (unpaired) electrons. The Bertz CT molecular complexity index is 978. The van der Waals surface area contributed by atoms with Crippen LogP contribution in [-0.2, 0) is 16.1 Å². The molecule has 5 nitrogen and oxygen atoms in total. The molecule has 2 aromatic rings. The monoisotopic (exact) mass is 408 g/mol. The molecule has 4 atom stereocenters. The van der Waals surface area contributed by atoms with Gasteiger partial charge in [0.15, 0.2) is 0 Å². The number of hydrogen-bond donors (Lipinski definition) is 1. The van der Waals surface area contributed by atoms with Crippen molar-refractivity contribution < 1.29 is 14.4 Å². The maximum absolute atomic E-state index is 13.0. The lowest BCUT2D eigenvalue weighted by Crippen LogP contribution is -2.33. The molecule has 1 saturated heterocycles. The van der Waals surface area contributed by atoms with Crippen LogP contribution in [0, 0.1) is 23.7 Å². The van der Waals surface area contributed by atoms with Crippen molar-refractivity contribution in [3.63, 3.8) is 0 Å². The van der Waals surface area contributed by atoms with Gasteiger partial charge < -0.3 is 5.32 Å². The Morgan fingerprint density at radius 3 is 2.31 bits per heavy atom. The van der Waals surface area contributed by atoms with Crippen LogP contribution in [0.25, 0.3) is 0 Å². The molecule has 2 bridgehead atoms. The molecule has 0 aromatic heterocycles. The second-order valence-electron chi connectivity index (χ2n) is 8.23. The SMILES string of the molecule is O=C(NCc1ccccc1)c1cc(N2C(=O)[C@H]3[C@H]4CC[C@@H](C4)[C@@H]3C2=O)ccc1Cl. The van der Waals surface area contributed by atoms with E-state index in [9.17, 15) is 14.4 Å². The van der Waals surface area contributed by atoms with E-state index in [4.69, 9.17) is 11.6 Å². The molecule has 3 aliphatic rings. The molecule has 148 valence electrons. The molecule has 0 unspecified atom stereocenters. The highest BCUT2D eigenvalue weighted by Gasteiger charge is 2.61. The maximum atomic E-state index is 13.0. The highest BCUT2D eigenvalue weighted by molar-refractivity contribution is 6.34. The van der Waals surface area contributed by atoms with Crippen LogP contribution in [0.15, 0.2) is 48.5 Å². The summed E-state index contributed by atoms with van der Waals surface area (Å²) >= 11 is 6.26. The molecule has 29 heavy (non-hydrogen) atoms. The van der Waals surface area contributed by atoms with Crippen molar-refractivity contribution in [1.29, 1.82) is 0 Å². The van der Waals surface area contributed by atoms with Crippen LogP contribution in [0.2, 0.25) is 5.02 Å². The first-order valence-electron chi connectivity index (χ1n) is 10.0. The standard InChI is InChI=1S/C23H21ClN2O3/c24-18-9-8-16(11-17(18)21(27)25-12-13-4-2-1-3-5-13)26-22(28)19-14-6-7-15(10-14)20(19)23(26)29/h1-5,8-9,11,14-15,19-20H,6-7,10,12H2,(H,25,27)/t14-,15-,19-,20-/m0/s1. The van der Waals surface area contributed by atoms with Crippen LogP contribution in [0.5, 0.6) is 0 Å². The molecule has 1 heterocycles. The van der Waals surface area contributed by atoms with Gasteiger partial charge in [0.2, 0.25) is 11.8 Å². The largest absolute Gasteiger partial charge is 0.348 e. The Hall–Kier alpha value is -2.66. The number of imide groups is 1. The average molecular weight is 409 g/mol. The van der Waals surface area contributed by atoms with Crippen molar-refractivity contribution in [1.82, 2.24) is 5.32 Å². The number of rotatable bonds is 4. The summed E-state index contributed by atoms with van der Waals surface area (Å²) in [7, 11) is 0. The molecule has 3 amide bonds. The van der Waals surface area contributed by atoms with Gasteiger partial charge in [-0.25, -0.2) is 0 Å². The lowest BCUT2D eigenvalue weighted by molar-refractivity contribution is -0.123. The Morgan fingerprint density at radius 2 is 1.66 bits per heavy atom. The van der Waals surface area contributed by atoms with Crippen molar-refractivity contribution in [2.75, 3.05) is 4.90 Å². The highest BCUT2D eigenvalue weighted by atomic mass is 35.5. The average Bonchev–Trinajstić information content (AvgIpc) is 3.41.